The average molecular weight is 336 g/mol. The zero-order valence-corrected chi connectivity index (χ0v) is 14.0. The maximum atomic E-state index is 12.4. The van der Waals surface area contributed by atoms with Crippen molar-refractivity contribution in [1.29, 1.82) is 0 Å². The minimum atomic E-state index is -1.03. The fourth-order valence-electron chi connectivity index (χ4n) is 3.07. The number of rotatable bonds is 6. The van der Waals surface area contributed by atoms with E-state index in [9.17, 15) is 19.8 Å². The molecule has 2 amide bonds. The number of nitrogens with one attached hydrogen (secondary N) is 1. The Labute approximate surface area is 141 Å². The number of ether oxygens (including phenoxy) is 1. The highest BCUT2D eigenvalue weighted by Gasteiger charge is 2.46. The van der Waals surface area contributed by atoms with Gasteiger partial charge in [-0.05, 0) is 37.5 Å². The SMILES string of the molecule is COCC1(C(=O)O)CCN(C(=O)NC(C)Cc2cccc(O)c2)C1. The van der Waals surface area contributed by atoms with E-state index >= 15 is 0 Å². The first-order chi connectivity index (χ1) is 11.4. The monoisotopic (exact) mass is 336 g/mol. The van der Waals surface area contributed by atoms with Crippen LogP contribution in [-0.2, 0) is 16.0 Å². The molecule has 132 valence electrons. The molecule has 0 aromatic heterocycles. The molecule has 7 nitrogen and oxygen atoms in total. The third kappa shape index (κ3) is 4.17. The van der Waals surface area contributed by atoms with Gasteiger partial charge >= 0.3 is 12.0 Å². The standard InChI is InChI=1S/C17H24N2O5/c1-12(8-13-4-3-5-14(20)9-13)18-16(23)19-7-6-17(10-19,11-24-2)15(21)22/h3-5,9,12,20H,6-8,10-11H2,1-2H3,(H,18,23)(H,21,22). The molecule has 2 atom stereocenters. The van der Waals surface area contributed by atoms with Crippen LogP contribution in [0.1, 0.15) is 18.9 Å². The van der Waals surface area contributed by atoms with Gasteiger partial charge in [0, 0.05) is 26.2 Å². The van der Waals surface area contributed by atoms with E-state index in [1.54, 1.807) is 18.2 Å². The average Bonchev–Trinajstić information content (AvgIpc) is 2.93. The lowest BCUT2D eigenvalue weighted by molar-refractivity contribution is -0.151. The number of carbonyl (C=O) groups is 2. The van der Waals surface area contributed by atoms with E-state index in [0.29, 0.717) is 19.4 Å². The molecular formula is C17H24N2O5. The van der Waals surface area contributed by atoms with Crippen molar-refractivity contribution in [3.63, 3.8) is 0 Å². The fourth-order valence-corrected chi connectivity index (χ4v) is 3.07. The molecule has 1 fully saturated rings. The molecule has 0 aliphatic carbocycles. The number of amides is 2. The maximum absolute atomic E-state index is 12.4. The zero-order valence-electron chi connectivity index (χ0n) is 14.0. The molecule has 0 bridgehead atoms. The van der Waals surface area contributed by atoms with Gasteiger partial charge in [-0.3, -0.25) is 4.79 Å². The van der Waals surface area contributed by atoms with E-state index < -0.39 is 11.4 Å². The van der Waals surface area contributed by atoms with Crippen LogP contribution in [0.2, 0.25) is 0 Å². The summed E-state index contributed by atoms with van der Waals surface area (Å²) in [5.41, 5.74) is -0.107. The Morgan fingerprint density at radius 1 is 1.46 bits per heavy atom. The Bertz CT molecular complexity index is 606. The summed E-state index contributed by atoms with van der Waals surface area (Å²) >= 11 is 0. The van der Waals surface area contributed by atoms with Gasteiger partial charge in [0.05, 0.1) is 6.61 Å². The Morgan fingerprint density at radius 3 is 2.83 bits per heavy atom. The van der Waals surface area contributed by atoms with E-state index in [0.717, 1.165) is 5.56 Å². The second kappa shape index (κ2) is 7.53. The minimum Gasteiger partial charge on any atom is -0.508 e. The normalized spacial score (nSPS) is 21.5. The molecule has 0 spiro atoms. The second-order valence-corrected chi connectivity index (χ2v) is 6.41. The molecule has 0 saturated carbocycles. The number of methoxy groups -OCH3 is 1. The van der Waals surface area contributed by atoms with Crippen LogP contribution < -0.4 is 5.32 Å². The number of likely N-dealkylation sites (tertiary alicyclic amines) is 1. The van der Waals surface area contributed by atoms with Gasteiger partial charge in [-0.15, -0.1) is 0 Å². The largest absolute Gasteiger partial charge is 0.508 e. The number of nitrogens with zero attached hydrogens (tertiary/aromatic N) is 1. The predicted octanol–water partition coefficient (Wildman–Crippen LogP) is 1.46. The number of urea groups is 1. The second-order valence-electron chi connectivity index (χ2n) is 6.41. The highest BCUT2D eigenvalue weighted by Crippen LogP contribution is 2.31. The van der Waals surface area contributed by atoms with Gasteiger partial charge in [0.25, 0.3) is 0 Å². The summed E-state index contributed by atoms with van der Waals surface area (Å²) < 4.78 is 5.03. The summed E-state index contributed by atoms with van der Waals surface area (Å²) in [6, 6.07) is 6.48. The summed E-state index contributed by atoms with van der Waals surface area (Å²) in [4.78, 5) is 25.4. The number of carboxylic acid groups (broad SMARTS) is 1. The van der Waals surface area contributed by atoms with Crippen molar-refractivity contribution in [2.24, 2.45) is 5.41 Å². The highest BCUT2D eigenvalue weighted by molar-refractivity contribution is 5.80. The van der Waals surface area contributed by atoms with Crippen LogP contribution in [0.4, 0.5) is 4.79 Å². The van der Waals surface area contributed by atoms with Crippen molar-refractivity contribution < 1.29 is 24.5 Å². The van der Waals surface area contributed by atoms with Crippen LogP contribution in [0.3, 0.4) is 0 Å². The summed E-state index contributed by atoms with van der Waals surface area (Å²) in [6.07, 6.45) is 0.959. The molecular weight excluding hydrogens is 312 g/mol. The minimum absolute atomic E-state index is 0.0883. The third-order valence-electron chi connectivity index (χ3n) is 4.34. The van der Waals surface area contributed by atoms with Crippen LogP contribution in [0.15, 0.2) is 24.3 Å². The maximum Gasteiger partial charge on any atom is 0.317 e. The Hall–Kier alpha value is -2.28. The smallest absolute Gasteiger partial charge is 0.317 e. The Kier molecular flexibility index (Phi) is 5.66. The number of carboxylic acids is 1. The highest BCUT2D eigenvalue weighted by atomic mass is 16.5. The number of aliphatic carboxylic acids is 1. The molecule has 1 aliphatic rings. The number of aromatic hydroxyl groups is 1. The van der Waals surface area contributed by atoms with E-state index in [-0.39, 0.29) is 31.0 Å². The van der Waals surface area contributed by atoms with Crippen molar-refractivity contribution in [1.82, 2.24) is 10.2 Å². The van der Waals surface area contributed by atoms with Crippen molar-refractivity contribution in [2.75, 3.05) is 26.8 Å². The van der Waals surface area contributed by atoms with Gasteiger partial charge in [0.2, 0.25) is 0 Å². The van der Waals surface area contributed by atoms with Gasteiger partial charge in [-0.2, -0.15) is 0 Å². The van der Waals surface area contributed by atoms with Crippen LogP contribution >= 0.6 is 0 Å². The number of phenolic OH excluding ortho intramolecular Hbond substituents is 1. The lowest BCUT2D eigenvalue weighted by atomic mass is 9.88. The quantitative estimate of drug-likeness (QED) is 0.730. The van der Waals surface area contributed by atoms with Gasteiger partial charge in [-0.1, -0.05) is 12.1 Å². The summed E-state index contributed by atoms with van der Waals surface area (Å²) in [5, 5.41) is 21.8. The van der Waals surface area contributed by atoms with Crippen LogP contribution in [0.5, 0.6) is 5.75 Å². The molecule has 2 rings (SSSR count). The molecule has 24 heavy (non-hydrogen) atoms. The van der Waals surface area contributed by atoms with E-state index in [2.05, 4.69) is 5.32 Å². The van der Waals surface area contributed by atoms with Gasteiger partial charge < -0.3 is 25.2 Å². The Balaban J connectivity index is 1.91. The first-order valence-electron chi connectivity index (χ1n) is 7.92. The molecule has 1 aliphatic heterocycles. The number of benzene rings is 1. The first-order valence-corrected chi connectivity index (χ1v) is 7.92. The molecule has 7 heteroatoms. The molecule has 1 saturated heterocycles. The third-order valence-corrected chi connectivity index (χ3v) is 4.34. The molecule has 3 N–H and O–H groups in total. The molecule has 1 heterocycles. The summed E-state index contributed by atoms with van der Waals surface area (Å²) in [7, 11) is 1.46. The van der Waals surface area contributed by atoms with E-state index in [1.807, 2.05) is 13.0 Å². The lowest BCUT2D eigenvalue weighted by Crippen LogP contribution is -2.46. The van der Waals surface area contributed by atoms with Gasteiger partial charge in [0.15, 0.2) is 0 Å². The number of hydrogen-bond donors (Lipinski definition) is 3. The number of phenols is 1. The fraction of sp³-hybridized carbons (Fsp3) is 0.529. The van der Waals surface area contributed by atoms with Crippen molar-refractivity contribution in [2.45, 2.75) is 25.8 Å². The topological polar surface area (TPSA) is 99.1 Å². The van der Waals surface area contributed by atoms with Crippen LogP contribution in [-0.4, -0.2) is 60.0 Å². The van der Waals surface area contributed by atoms with E-state index in [4.69, 9.17) is 4.74 Å². The van der Waals surface area contributed by atoms with Gasteiger partial charge in [-0.25, -0.2) is 4.79 Å². The zero-order chi connectivity index (χ0) is 17.7. The van der Waals surface area contributed by atoms with Crippen LogP contribution in [0, 0.1) is 5.41 Å². The van der Waals surface area contributed by atoms with Crippen molar-refractivity contribution >= 4 is 12.0 Å². The first kappa shape index (κ1) is 18.1. The molecule has 1 aromatic rings. The predicted molar refractivity (Wildman–Crippen MR) is 87.9 cm³/mol. The summed E-state index contributed by atoms with van der Waals surface area (Å²) in [6.45, 7) is 2.49. The molecule has 0 radical (unpaired) electrons. The van der Waals surface area contributed by atoms with Crippen LogP contribution in [0.25, 0.3) is 0 Å². The van der Waals surface area contributed by atoms with Gasteiger partial charge in [0.1, 0.15) is 11.2 Å². The summed E-state index contributed by atoms with van der Waals surface area (Å²) in [5.74, 6) is -0.746. The Morgan fingerprint density at radius 2 is 2.21 bits per heavy atom. The molecule has 1 aromatic carbocycles. The molecule has 2 unspecified atom stereocenters. The lowest BCUT2D eigenvalue weighted by Gasteiger charge is -2.25. The van der Waals surface area contributed by atoms with E-state index in [1.165, 1.54) is 12.0 Å². The number of hydrogen-bond acceptors (Lipinski definition) is 4. The number of carbonyl (C=O) groups excluding carboxylic acids is 1. The van der Waals surface area contributed by atoms with Crippen molar-refractivity contribution in [3.05, 3.63) is 29.8 Å². The van der Waals surface area contributed by atoms with Crippen molar-refractivity contribution in [3.8, 4) is 5.75 Å².